The van der Waals surface area contributed by atoms with Crippen LogP contribution in [0.25, 0.3) is 5.76 Å². The van der Waals surface area contributed by atoms with Gasteiger partial charge in [0.1, 0.15) is 19.0 Å². The van der Waals surface area contributed by atoms with Crippen molar-refractivity contribution in [3.8, 4) is 28.7 Å². The molecule has 2 aliphatic rings. The van der Waals surface area contributed by atoms with Gasteiger partial charge < -0.3 is 33.7 Å². The molecule has 2 aliphatic heterocycles. The normalized spacial score (nSPS) is 17.9. The lowest BCUT2D eigenvalue weighted by Gasteiger charge is -2.26. The van der Waals surface area contributed by atoms with Crippen LogP contribution in [-0.4, -0.2) is 61.2 Å². The molecule has 5 rings (SSSR count). The Hall–Kier alpha value is -4.73. The Balaban J connectivity index is 1.70. The van der Waals surface area contributed by atoms with E-state index >= 15 is 0 Å². The van der Waals surface area contributed by atoms with Gasteiger partial charge in [-0.1, -0.05) is 6.07 Å². The average Bonchev–Trinajstić information content (AvgIpc) is 3.21. The predicted molar refractivity (Wildman–Crippen MR) is 136 cm³/mol. The summed E-state index contributed by atoms with van der Waals surface area (Å²) in [7, 11) is 4.43. The molecular formula is C28H26N2O8. The van der Waals surface area contributed by atoms with Gasteiger partial charge >= 0.3 is 0 Å². The van der Waals surface area contributed by atoms with Crippen LogP contribution in [0.3, 0.4) is 0 Å². The molecule has 10 nitrogen and oxygen atoms in total. The van der Waals surface area contributed by atoms with Gasteiger partial charge in [-0.3, -0.25) is 14.6 Å². The molecule has 1 saturated heterocycles. The van der Waals surface area contributed by atoms with Gasteiger partial charge in [0, 0.05) is 24.5 Å². The Morgan fingerprint density at radius 2 is 1.71 bits per heavy atom. The second-order valence-electron chi connectivity index (χ2n) is 8.61. The average molecular weight is 519 g/mol. The molecule has 0 radical (unpaired) electrons. The second-order valence-corrected chi connectivity index (χ2v) is 8.61. The van der Waals surface area contributed by atoms with E-state index in [4.69, 9.17) is 23.7 Å². The first-order chi connectivity index (χ1) is 18.5. The minimum atomic E-state index is -0.961. The molecule has 196 valence electrons. The largest absolute Gasteiger partial charge is 0.507 e. The van der Waals surface area contributed by atoms with E-state index in [1.54, 1.807) is 54.9 Å². The van der Waals surface area contributed by atoms with Crippen LogP contribution in [0.2, 0.25) is 0 Å². The van der Waals surface area contributed by atoms with Crippen molar-refractivity contribution < 1.29 is 38.4 Å². The number of benzene rings is 2. The van der Waals surface area contributed by atoms with Crippen molar-refractivity contribution in [2.24, 2.45) is 0 Å². The van der Waals surface area contributed by atoms with Crippen molar-refractivity contribution in [2.45, 2.75) is 12.6 Å². The van der Waals surface area contributed by atoms with Gasteiger partial charge in [-0.2, -0.15) is 0 Å². The molecule has 2 aromatic carbocycles. The fourth-order valence-corrected chi connectivity index (χ4v) is 4.68. The van der Waals surface area contributed by atoms with E-state index in [1.807, 2.05) is 0 Å². The SMILES string of the molecule is COc1cc([C@@H]2/C(=C(\O)c3ccc4c(c3)OCCO4)C(=O)C(=O)N2Cc2cccnc2)cc(OC)c1OC. The van der Waals surface area contributed by atoms with Gasteiger partial charge in [0.15, 0.2) is 23.0 Å². The number of methoxy groups -OCH3 is 3. The van der Waals surface area contributed by atoms with Crippen molar-refractivity contribution in [1.82, 2.24) is 9.88 Å². The maximum Gasteiger partial charge on any atom is 0.295 e. The van der Waals surface area contributed by atoms with Crippen LogP contribution >= 0.6 is 0 Å². The number of ether oxygens (including phenoxy) is 5. The van der Waals surface area contributed by atoms with E-state index in [2.05, 4.69) is 4.98 Å². The standard InChI is InChI=1S/C28H26N2O8/c1-34-21-12-18(13-22(35-2)27(21)36-3)24-23(25(31)17-6-7-19-20(11-17)38-10-9-37-19)26(32)28(33)30(24)15-16-5-4-8-29-14-16/h4-8,11-14,24,31H,9-10,15H2,1-3H3/b25-23+/t24-/m1/s1. The summed E-state index contributed by atoms with van der Waals surface area (Å²) in [4.78, 5) is 32.4. The Bertz CT molecular complexity index is 1390. The van der Waals surface area contributed by atoms with Crippen LogP contribution in [0, 0.1) is 0 Å². The van der Waals surface area contributed by atoms with E-state index in [0.29, 0.717) is 58.7 Å². The highest BCUT2D eigenvalue weighted by molar-refractivity contribution is 6.46. The smallest absolute Gasteiger partial charge is 0.295 e. The topological polar surface area (TPSA) is 117 Å². The van der Waals surface area contributed by atoms with Crippen LogP contribution < -0.4 is 23.7 Å². The third-order valence-electron chi connectivity index (χ3n) is 6.43. The van der Waals surface area contributed by atoms with Gasteiger partial charge in [-0.25, -0.2) is 0 Å². The summed E-state index contributed by atoms with van der Waals surface area (Å²) in [6.45, 7) is 0.856. The summed E-state index contributed by atoms with van der Waals surface area (Å²) in [5, 5.41) is 11.5. The van der Waals surface area contributed by atoms with Gasteiger partial charge in [0.2, 0.25) is 5.75 Å². The van der Waals surface area contributed by atoms with Gasteiger partial charge in [0.25, 0.3) is 11.7 Å². The third kappa shape index (κ3) is 4.34. The number of Topliss-reactive ketones (excluding diaryl/α,β-unsaturated/α-hetero) is 1. The van der Waals surface area contributed by atoms with Crippen LogP contribution in [0.1, 0.15) is 22.7 Å². The number of aliphatic hydroxyl groups excluding tert-OH is 1. The number of ketones is 1. The van der Waals surface area contributed by atoms with Crippen molar-refractivity contribution in [1.29, 1.82) is 0 Å². The lowest BCUT2D eigenvalue weighted by Crippen LogP contribution is -2.29. The summed E-state index contributed by atoms with van der Waals surface area (Å²) in [6.07, 6.45) is 3.24. The zero-order valence-corrected chi connectivity index (χ0v) is 21.1. The number of likely N-dealkylation sites (tertiary alicyclic amines) is 1. The van der Waals surface area contributed by atoms with Crippen molar-refractivity contribution in [3.63, 3.8) is 0 Å². The summed E-state index contributed by atoms with van der Waals surface area (Å²) < 4.78 is 27.7. The molecule has 38 heavy (non-hydrogen) atoms. The first-order valence-electron chi connectivity index (χ1n) is 11.8. The van der Waals surface area contributed by atoms with Crippen LogP contribution in [0.5, 0.6) is 28.7 Å². The number of hydrogen-bond acceptors (Lipinski definition) is 9. The molecule has 0 unspecified atom stereocenters. The van der Waals surface area contributed by atoms with Gasteiger partial charge in [0.05, 0.1) is 32.9 Å². The minimum Gasteiger partial charge on any atom is -0.507 e. The number of fused-ring (bicyclic) bond motifs is 1. The zero-order valence-electron chi connectivity index (χ0n) is 21.1. The highest BCUT2D eigenvalue weighted by Gasteiger charge is 2.46. The van der Waals surface area contributed by atoms with Crippen molar-refractivity contribution in [3.05, 3.63) is 77.1 Å². The molecule has 3 aromatic rings. The van der Waals surface area contributed by atoms with E-state index in [1.165, 1.54) is 26.2 Å². The molecule has 1 amide bonds. The summed E-state index contributed by atoms with van der Waals surface area (Å²) in [6, 6.07) is 10.8. The predicted octanol–water partition coefficient (Wildman–Crippen LogP) is 3.50. The second kappa shape index (κ2) is 10.3. The maximum atomic E-state index is 13.5. The summed E-state index contributed by atoms with van der Waals surface area (Å²) in [5.74, 6) is 0.0933. The van der Waals surface area contributed by atoms with E-state index in [0.717, 1.165) is 0 Å². The third-order valence-corrected chi connectivity index (χ3v) is 6.43. The van der Waals surface area contributed by atoms with Crippen molar-refractivity contribution >= 4 is 17.4 Å². The molecule has 0 spiro atoms. The monoisotopic (exact) mass is 518 g/mol. The lowest BCUT2D eigenvalue weighted by molar-refractivity contribution is -0.140. The summed E-state index contributed by atoms with van der Waals surface area (Å²) >= 11 is 0. The van der Waals surface area contributed by atoms with Crippen LogP contribution in [0.4, 0.5) is 0 Å². The zero-order chi connectivity index (χ0) is 26.8. The molecule has 0 aliphatic carbocycles. The Morgan fingerprint density at radius 1 is 1.00 bits per heavy atom. The first-order valence-corrected chi connectivity index (χ1v) is 11.8. The number of carbonyl (C=O) groups is 2. The van der Waals surface area contributed by atoms with Gasteiger partial charge in [-0.05, 0) is 47.5 Å². The Morgan fingerprint density at radius 3 is 2.34 bits per heavy atom. The molecule has 1 N–H and O–H groups in total. The number of rotatable bonds is 7. The number of carbonyl (C=O) groups excluding carboxylic acids is 2. The molecule has 0 bridgehead atoms. The lowest BCUT2D eigenvalue weighted by atomic mass is 9.94. The number of pyridine rings is 1. The highest BCUT2D eigenvalue weighted by Crippen LogP contribution is 2.46. The number of aliphatic hydroxyl groups is 1. The number of hydrogen-bond donors (Lipinski definition) is 1. The molecule has 3 heterocycles. The number of nitrogens with zero attached hydrogens (tertiary/aromatic N) is 2. The number of amides is 1. The Labute approximate surface area is 219 Å². The summed E-state index contributed by atoms with van der Waals surface area (Å²) in [5.41, 5.74) is 1.43. The van der Waals surface area contributed by atoms with E-state index < -0.39 is 17.7 Å². The molecule has 1 atom stereocenters. The van der Waals surface area contributed by atoms with Crippen LogP contribution in [-0.2, 0) is 16.1 Å². The van der Waals surface area contributed by atoms with Gasteiger partial charge in [-0.15, -0.1) is 0 Å². The van der Waals surface area contributed by atoms with Crippen molar-refractivity contribution in [2.75, 3.05) is 34.5 Å². The molecular weight excluding hydrogens is 492 g/mol. The van der Waals surface area contributed by atoms with Crippen LogP contribution in [0.15, 0.2) is 60.4 Å². The maximum absolute atomic E-state index is 13.5. The number of aromatic nitrogens is 1. The quantitative estimate of drug-likeness (QED) is 0.285. The fraction of sp³-hybridized carbons (Fsp3) is 0.250. The van der Waals surface area contributed by atoms with E-state index in [9.17, 15) is 14.7 Å². The van der Waals surface area contributed by atoms with E-state index in [-0.39, 0.29) is 17.9 Å². The molecule has 10 heteroatoms. The Kier molecular flexibility index (Phi) is 6.78. The molecule has 1 aromatic heterocycles. The highest BCUT2D eigenvalue weighted by atomic mass is 16.6. The fourth-order valence-electron chi connectivity index (χ4n) is 4.68. The minimum absolute atomic E-state index is 0.0789. The molecule has 1 fully saturated rings. The first kappa shape index (κ1) is 24.9. The molecule has 0 saturated carbocycles.